The normalized spacial score (nSPS) is 14.7. The Kier molecular flexibility index (Phi) is 6.88. The van der Waals surface area contributed by atoms with Gasteiger partial charge in [0.15, 0.2) is 30.4 Å². The number of nitrogens with zero attached hydrogens (tertiary/aromatic N) is 2. The van der Waals surface area contributed by atoms with Crippen LogP contribution in [0.1, 0.15) is 21.7 Å². The number of pyridine rings is 1. The number of hydrogen-bond acceptors (Lipinski definition) is 7. The highest BCUT2D eigenvalue weighted by molar-refractivity contribution is 7.99. The summed E-state index contributed by atoms with van der Waals surface area (Å²) < 4.78 is 19.6. The summed E-state index contributed by atoms with van der Waals surface area (Å²) in [4.78, 5) is 24.8. The van der Waals surface area contributed by atoms with E-state index in [1.165, 1.54) is 6.20 Å². The van der Waals surface area contributed by atoms with Crippen LogP contribution in [0, 0.1) is 19.1 Å². The Morgan fingerprint density at radius 3 is 2.73 bits per heavy atom. The van der Waals surface area contributed by atoms with Crippen molar-refractivity contribution in [2.24, 2.45) is 0 Å². The number of Topliss-reactive ketones (excluding diaryl/α,β-unsaturated/α-hetero) is 1. The van der Waals surface area contributed by atoms with Crippen molar-refractivity contribution in [3.63, 3.8) is 0 Å². The van der Waals surface area contributed by atoms with E-state index in [-0.39, 0.29) is 24.2 Å². The number of benzene rings is 1. The molecule has 0 unspecified atom stereocenters. The molecule has 4 rings (SSSR count). The molecule has 0 N–H and O–H groups in total. The van der Waals surface area contributed by atoms with Gasteiger partial charge in [0, 0.05) is 29.1 Å². The Balaban J connectivity index is 1.33. The van der Waals surface area contributed by atoms with E-state index in [1.54, 1.807) is 24.3 Å². The number of thioether (sulfide) groups is 1. The zero-order chi connectivity index (χ0) is 23.4. The van der Waals surface area contributed by atoms with E-state index in [0.717, 1.165) is 28.9 Å². The molecule has 33 heavy (non-hydrogen) atoms. The third-order valence-corrected chi connectivity index (χ3v) is 6.31. The minimum Gasteiger partial charge on any atom is -0.618 e. The van der Waals surface area contributed by atoms with Gasteiger partial charge in [-0.3, -0.25) is 9.59 Å². The molecule has 1 aliphatic rings. The van der Waals surface area contributed by atoms with Gasteiger partial charge >= 0.3 is 5.97 Å². The predicted molar refractivity (Wildman–Crippen MR) is 122 cm³/mol. The van der Waals surface area contributed by atoms with E-state index < -0.39 is 5.97 Å². The molecule has 0 amide bonds. The van der Waals surface area contributed by atoms with Crippen LogP contribution in [-0.2, 0) is 16.1 Å². The smallest absolute Gasteiger partial charge is 0.316 e. The number of esters is 1. The highest BCUT2D eigenvalue weighted by atomic mass is 32.2. The van der Waals surface area contributed by atoms with Crippen LogP contribution in [0.4, 0.5) is 0 Å². The fourth-order valence-corrected chi connectivity index (χ4v) is 4.36. The average Bonchev–Trinajstić information content (AvgIpc) is 3.10. The van der Waals surface area contributed by atoms with Crippen LogP contribution in [0.5, 0.6) is 11.5 Å². The van der Waals surface area contributed by atoms with E-state index in [0.29, 0.717) is 34.2 Å². The first kappa shape index (κ1) is 22.7. The number of para-hydroxylation sites is 2. The molecule has 0 radical (unpaired) electrons. The van der Waals surface area contributed by atoms with Crippen molar-refractivity contribution in [3.8, 4) is 11.5 Å². The van der Waals surface area contributed by atoms with Crippen LogP contribution in [0.25, 0.3) is 0 Å². The van der Waals surface area contributed by atoms with Crippen molar-refractivity contribution in [3.05, 3.63) is 76.9 Å². The van der Waals surface area contributed by atoms with E-state index in [4.69, 9.17) is 14.2 Å². The third-order valence-electron chi connectivity index (χ3n) is 5.32. The molecular weight excluding hydrogens is 444 g/mol. The molecule has 0 aliphatic carbocycles. The topological polar surface area (TPSA) is 93.7 Å². The van der Waals surface area contributed by atoms with Crippen LogP contribution < -0.4 is 14.2 Å². The van der Waals surface area contributed by atoms with Crippen molar-refractivity contribution in [1.82, 2.24) is 4.57 Å². The first-order chi connectivity index (χ1) is 15.9. The Morgan fingerprint density at radius 1 is 1.18 bits per heavy atom. The Hall–Kier alpha value is -3.46. The summed E-state index contributed by atoms with van der Waals surface area (Å²) in [6, 6.07) is 14.3. The molecule has 0 saturated carbocycles. The fraction of sp³-hybridized carbons (Fsp3) is 0.292. The molecular formula is C24H24N2O6S. The minimum atomic E-state index is -0.558. The standard InChI is InChI=1S/C24H24N2O6S/c1-16-11-19(20(27)14-31-24(28)15-33-23-9-5-6-10-26(23)29)17(2)25(16)12-18-13-30-21-7-3-4-8-22(21)32-18/h3-11,18H,12-15H2,1-2H3/t18-/m0/s1. The largest absolute Gasteiger partial charge is 0.618 e. The van der Waals surface area contributed by atoms with Crippen LogP contribution in [-0.4, -0.2) is 41.4 Å². The first-order valence-electron chi connectivity index (χ1n) is 10.5. The highest BCUT2D eigenvalue weighted by Crippen LogP contribution is 2.31. The third kappa shape index (κ3) is 5.31. The molecule has 1 atom stereocenters. The van der Waals surface area contributed by atoms with Gasteiger partial charge in [-0.05, 0) is 49.9 Å². The summed E-state index contributed by atoms with van der Waals surface area (Å²) in [5.74, 6) is 0.534. The lowest BCUT2D eigenvalue weighted by molar-refractivity contribution is -0.645. The van der Waals surface area contributed by atoms with Crippen molar-refractivity contribution in [2.45, 2.75) is 31.5 Å². The zero-order valence-corrected chi connectivity index (χ0v) is 19.2. The van der Waals surface area contributed by atoms with Crippen molar-refractivity contribution >= 4 is 23.5 Å². The number of ketones is 1. The molecule has 2 aromatic heterocycles. The Labute approximate surface area is 195 Å². The Bertz CT molecular complexity index is 1180. The maximum atomic E-state index is 12.7. The number of hydrogen-bond donors (Lipinski definition) is 0. The molecule has 172 valence electrons. The first-order valence-corrected chi connectivity index (χ1v) is 11.5. The van der Waals surface area contributed by atoms with Gasteiger partial charge in [0.2, 0.25) is 5.78 Å². The summed E-state index contributed by atoms with van der Waals surface area (Å²) in [6.07, 6.45) is 1.17. The molecule has 1 aliphatic heterocycles. The van der Waals surface area contributed by atoms with Gasteiger partial charge < -0.3 is 24.0 Å². The van der Waals surface area contributed by atoms with Gasteiger partial charge in [-0.2, -0.15) is 4.73 Å². The van der Waals surface area contributed by atoms with Crippen LogP contribution in [0.2, 0.25) is 0 Å². The van der Waals surface area contributed by atoms with Gasteiger partial charge in [0.1, 0.15) is 12.4 Å². The predicted octanol–water partition coefficient (Wildman–Crippen LogP) is 3.10. The summed E-state index contributed by atoms with van der Waals surface area (Å²) in [5, 5.41) is 12.0. The van der Waals surface area contributed by atoms with E-state index in [9.17, 15) is 14.8 Å². The number of fused-ring (bicyclic) bond motifs is 1. The van der Waals surface area contributed by atoms with Gasteiger partial charge in [0.25, 0.3) is 5.03 Å². The number of aryl methyl sites for hydroxylation is 1. The fourth-order valence-electron chi connectivity index (χ4n) is 3.64. The van der Waals surface area contributed by atoms with Crippen LogP contribution >= 0.6 is 11.8 Å². The van der Waals surface area contributed by atoms with Crippen LogP contribution in [0.15, 0.2) is 59.8 Å². The number of rotatable bonds is 8. The molecule has 9 heteroatoms. The number of carbonyl (C=O) groups is 2. The van der Waals surface area contributed by atoms with Gasteiger partial charge in [-0.15, -0.1) is 0 Å². The molecule has 0 fully saturated rings. The molecule has 1 aromatic carbocycles. The lowest BCUT2D eigenvalue weighted by atomic mass is 10.1. The second-order valence-corrected chi connectivity index (χ2v) is 8.63. The zero-order valence-electron chi connectivity index (χ0n) is 18.4. The Morgan fingerprint density at radius 2 is 1.94 bits per heavy atom. The summed E-state index contributed by atoms with van der Waals surface area (Å²) >= 11 is 1.06. The summed E-state index contributed by atoms with van der Waals surface area (Å²) in [5.41, 5.74) is 2.19. The molecule has 3 aromatic rings. The van der Waals surface area contributed by atoms with Crippen molar-refractivity contribution in [1.29, 1.82) is 0 Å². The number of ether oxygens (including phenoxy) is 3. The highest BCUT2D eigenvalue weighted by Gasteiger charge is 2.24. The van der Waals surface area contributed by atoms with E-state index >= 15 is 0 Å². The average molecular weight is 469 g/mol. The molecule has 0 bridgehead atoms. The quantitative estimate of drug-likeness (QED) is 0.165. The second kappa shape index (κ2) is 9.99. The maximum absolute atomic E-state index is 12.7. The summed E-state index contributed by atoms with van der Waals surface area (Å²) in [7, 11) is 0. The van der Waals surface area contributed by atoms with E-state index in [2.05, 4.69) is 0 Å². The number of aromatic nitrogens is 2. The number of carbonyl (C=O) groups excluding carboxylic acids is 2. The lowest BCUT2D eigenvalue weighted by Crippen LogP contribution is -2.33. The van der Waals surface area contributed by atoms with Gasteiger partial charge in [-0.1, -0.05) is 12.1 Å². The monoisotopic (exact) mass is 468 g/mol. The minimum absolute atomic E-state index is 0.0565. The molecule has 0 spiro atoms. The van der Waals surface area contributed by atoms with Crippen molar-refractivity contribution < 1.29 is 28.5 Å². The molecule has 0 saturated heterocycles. The second-order valence-electron chi connectivity index (χ2n) is 7.63. The molecule has 3 heterocycles. The maximum Gasteiger partial charge on any atom is 0.316 e. The summed E-state index contributed by atoms with van der Waals surface area (Å²) in [6.45, 7) is 4.37. The van der Waals surface area contributed by atoms with Gasteiger partial charge in [0.05, 0.1) is 6.54 Å². The lowest BCUT2D eigenvalue weighted by Gasteiger charge is -2.27. The molecule has 8 nitrogen and oxygen atoms in total. The van der Waals surface area contributed by atoms with E-state index in [1.807, 2.05) is 42.7 Å². The SMILES string of the molecule is Cc1cc(C(=O)COC(=O)CSc2cccc[n+]2[O-])c(C)n1C[C@H]1COc2ccccc2O1. The van der Waals surface area contributed by atoms with Gasteiger partial charge in [-0.25, -0.2) is 0 Å². The van der Waals surface area contributed by atoms with Crippen LogP contribution in [0.3, 0.4) is 0 Å². The van der Waals surface area contributed by atoms with Crippen molar-refractivity contribution in [2.75, 3.05) is 19.0 Å².